The molecule has 0 radical (unpaired) electrons. The molecule has 0 bridgehead atoms. The number of amidine groups is 1. The van der Waals surface area contributed by atoms with Crippen molar-refractivity contribution in [2.45, 2.75) is 13.3 Å². The van der Waals surface area contributed by atoms with Crippen molar-refractivity contribution in [1.82, 2.24) is 0 Å². The topological polar surface area (TPSA) is 84.9 Å². The first-order valence-corrected chi connectivity index (χ1v) is 4.36. The molecule has 5 nitrogen and oxygen atoms in total. The highest BCUT2D eigenvalue weighted by atomic mass is 16.7. The Balaban J connectivity index is 2.58. The molecule has 0 atom stereocenters. The van der Waals surface area contributed by atoms with Crippen LogP contribution in [-0.2, 0) is 16.1 Å². The van der Waals surface area contributed by atoms with E-state index in [4.69, 9.17) is 10.8 Å². The fraction of sp³-hybridized carbons (Fsp3) is 0.200. The molecule has 0 heterocycles. The first kappa shape index (κ1) is 11.0. The second-order valence-electron chi connectivity index (χ2n) is 3.01. The summed E-state index contributed by atoms with van der Waals surface area (Å²) < 4.78 is 0. The van der Waals surface area contributed by atoms with Gasteiger partial charge in [0.15, 0.2) is 0 Å². The van der Waals surface area contributed by atoms with Gasteiger partial charge in [0.05, 0.1) is 0 Å². The highest BCUT2D eigenvalue weighted by molar-refractivity contribution is 5.82. The minimum Gasteiger partial charge on any atom is -0.508 e. The average Bonchev–Trinajstić information content (AvgIpc) is 2.19. The molecule has 1 aromatic carbocycles. The van der Waals surface area contributed by atoms with Crippen LogP contribution >= 0.6 is 0 Å². The van der Waals surface area contributed by atoms with Crippen LogP contribution in [0.25, 0.3) is 0 Å². The maximum absolute atomic E-state index is 10.4. The van der Waals surface area contributed by atoms with Gasteiger partial charge in [0.1, 0.15) is 11.6 Å². The third kappa shape index (κ3) is 4.12. The molecule has 0 saturated carbocycles. The molecular formula is C10H12N2O3. The Morgan fingerprint density at radius 3 is 2.60 bits per heavy atom. The van der Waals surface area contributed by atoms with Gasteiger partial charge in [0.2, 0.25) is 0 Å². The van der Waals surface area contributed by atoms with E-state index in [0.717, 1.165) is 5.56 Å². The molecule has 1 aromatic rings. The molecule has 0 aliphatic carbocycles. The number of aromatic hydroxyl groups is 1. The quantitative estimate of drug-likeness (QED) is 0.332. The SMILES string of the molecule is CC(=O)O/N=C(\N)Cc1ccc(O)cc1. The highest BCUT2D eigenvalue weighted by Crippen LogP contribution is 2.09. The molecule has 3 N–H and O–H groups in total. The zero-order chi connectivity index (χ0) is 11.3. The lowest BCUT2D eigenvalue weighted by Crippen LogP contribution is -2.16. The van der Waals surface area contributed by atoms with Crippen LogP contribution in [0.15, 0.2) is 29.4 Å². The first-order valence-electron chi connectivity index (χ1n) is 4.36. The Hall–Kier alpha value is -2.04. The van der Waals surface area contributed by atoms with E-state index >= 15 is 0 Å². The average molecular weight is 208 g/mol. The van der Waals surface area contributed by atoms with Crippen molar-refractivity contribution in [3.05, 3.63) is 29.8 Å². The number of hydrogen-bond acceptors (Lipinski definition) is 4. The number of phenols is 1. The van der Waals surface area contributed by atoms with E-state index in [1.54, 1.807) is 24.3 Å². The second kappa shape index (κ2) is 4.99. The zero-order valence-electron chi connectivity index (χ0n) is 8.30. The molecule has 0 saturated heterocycles. The van der Waals surface area contributed by atoms with Crippen molar-refractivity contribution < 1.29 is 14.7 Å². The van der Waals surface area contributed by atoms with E-state index in [9.17, 15) is 4.79 Å². The van der Waals surface area contributed by atoms with Gasteiger partial charge < -0.3 is 15.7 Å². The third-order valence-corrected chi connectivity index (χ3v) is 1.61. The Labute approximate surface area is 87.1 Å². The van der Waals surface area contributed by atoms with Gasteiger partial charge in [-0.15, -0.1) is 0 Å². The minimum absolute atomic E-state index is 0.189. The second-order valence-corrected chi connectivity index (χ2v) is 3.01. The molecule has 0 aliphatic heterocycles. The molecule has 1 rings (SSSR count). The maximum atomic E-state index is 10.4. The lowest BCUT2D eigenvalue weighted by atomic mass is 10.1. The van der Waals surface area contributed by atoms with Crippen molar-refractivity contribution in [1.29, 1.82) is 0 Å². The molecule has 0 amide bonds. The van der Waals surface area contributed by atoms with Crippen molar-refractivity contribution in [2.75, 3.05) is 0 Å². The van der Waals surface area contributed by atoms with Gasteiger partial charge in [-0.3, -0.25) is 0 Å². The lowest BCUT2D eigenvalue weighted by molar-refractivity contribution is -0.140. The van der Waals surface area contributed by atoms with E-state index < -0.39 is 5.97 Å². The normalized spacial score (nSPS) is 11.1. The molecule has 80 valence electrons. The lowest BCUT2D eigenvalue weighted by Gasteiger charge is -2.00. The number of rotatable bonds is 3. The Morgan fingerprint density at radius 1 is 1.47 bits per heavy atom. The number of phenolic OH excluding ortho intramolecular Hbond substituents is 1. The van der Waals surface area contributed by atoms with Crippen LogP contribution in [0, 0.1) is 0 Å². The van der Waals surface area contributed by atoms with Crippen molar-refractivity contribution in [2.24, 2.45) is 10.9 Å². The van der Waals surface area contributed by atoms with Crippen molar-refractivity contribution in [3.63, 3.8) is 0 Å². The molecule has 0 aliphatic rings. The van der Waals surface area contributed by atoms with E-state index in [1.165, 1.54) is 6.92 Å². The number of carbonyl (C=O) groups excluding carboxylic acids is 1. The van der Waals surface area contributed by atoms with Crippen LogP contribution in [0.3, 0.4) is 0 Å². The molecule has 0 spiro atoms. The predicted octanol–water partition coefficient (Wildman–Crippen LogP) is 0.770. The van der Waals surface area contributed by atoms with E-state index in [1.807, 2.05) is 0 Å². The number of benzene rings is 1. The van der Waals surface area contributed by atoms with Gasteiger partial charge >= 0.3 is 5.97 Å². The number of carbonyl (C=O) groups is 1. The van der Waals surface area contributed by atoms with Crippen LogP contribution < -0.4 is 5.73 Å². The molecular weight excluding hydrogens is 196 g/mol. The molecule has 0 aromatic heterocycles. The predicted molar refractivity (Wildman–Crippen MR) is 55.2 cm³/mol. The van der Waals surface area contributed by atoms with Crippen LogP contribution in [0.2, 0.25) is 0 Å². The summed E-state index contributed by atoms with van der Waals surface area (Å²) in [4.78, 5) is 14.8. The van der Waals surface area contributed by atoms with Crippen molar-refractivity contribution in [3.8, 4) is 5.75 Å². The Kier molecular flexibility index (Phi) is 3.68. The summed E-state index contributed by atoms with van der Waals surface area (Å²) in [6.07, 6.45) is 0.369. The van der Waals surface area contributed by atoms with Gasteiger partial charge in [0.25, 0.3) is 0 Å². The number of oxime groups is 1. The van der Waals surface area contributed by atoms with Crippen LogP contribution in [0.5, 0.6) is 5.75 Å². The zero-order valence-corrected chi connectivity index (χ0v) is 8.30. The molecule has 0 unspecified atom stereocenters. The van der Waals surface area contributed by atoms with Crippen LogP contribution in [0.1, 0.15) is 12.5 Å². The summed E-state index contributed by atoms with van der Waals surface area (Å²) in [6, 6.07) is 6.53. The standard InChI is InChI=1S/C10H12N2O3/c1-7(13)15-12-10(11)6-8-2-4-9(14)5-3-8/h2-5,14H,6H2,1H3,(H2,11,12). The molecule has 5 heteroatoms. The molecule has 15 heavy (non-hydrogen) atoms. The molecule has 0 fully saturated rings. The number of nitrogens with two attached hydrogens (primary N) is 1. The monoisotopic (exact) mass is 208 g/mol. The fourth-order valence-corrected chi connectivity index (χ4v) is 0.978. The maximum Gasteiger partial charge on any atom is 0.332 e. The van der Waals surface area contributed by atoms with Gasteiger partial charge in [0, 0.05) is 13.3 Å². The summed E-state index contributed by atoms with van der Waals surface area (Å²) in [5.41, 5.74) is 6.38. The summed E-state index contributed by atoms with van der Waals surface area (Å²) in [6.45, 7) is 1.25. The summed E-state index contributed by atoms with van der Waals surface area (Å²) in [5.74, 6) is -0.117. The smallest absolute Gasteiger partial charge is 0.332 e. The minimum atomic E-state index is -0.511. The summed E-state index contributed by atoms with van der Waals surface area (Å²) in [7, 11) is 0. The van der Waals surface area contributed by atoms with E-state index in [2.05, 4.69) is 9.99 Å². The Morgan fingerprint density at radius 2 is 2.07 bits per heavy atom. The van der Waals surface area contributed by atoms with Gasteiger partial charge in [-0.2, -0.15) is 0 Å². The Bertz CT molecular complexity index is 371. The van der Waals surface area contributed by atoms with Crippen molar-refractivity contribution >= 4 is 11.8 Å². The highest BCUT2D eigenvalue weighted by Gasteiger charge is 1.98. The van der Waals surface area contributed by atoms with Gasteiger partial charge in [-0.1, -0.05) is 17.3 Å². The third-order valence-electron chi connectivity index (χ3n) is 1.61. The number of hydrogen-bond donors (Lipinski definition) is 2. The van der Waals surface area contributed by atoms with Gasteiger partial charge in [-0.25, -0.2) is 4.79 Å². The number of nitrogens with zero attached hydrogens (tertiary/aromatic N) is 1. The van der Waals surface area contributed by atoms with Gasteiger partial charge in [-0.05, 0) is 17.7 Å². The van der Waals surface area contributed by atoms with Crippen LogP contribution in [0.4, 0.5) is 0 Å². The summed E-state index contributed by atoms with van der Waals surface area (Å²) in [5, 5.41) is 12.5. The first-order chi connectivity index (χ1) is 7.08. The summed E-state index contributed by atoms with van der Waals surface area (Å²) >= 11 is 0. The fourth-order valence-electron chi connectivity index (χ4n) is 0.978. The van der Waals surface area contributed by atoms with E-state index in [0.29, 0.717) is 6.42 Å². The van der Waals surface area contributed by atoms with Crippen LogP contribution in [-0.4, -0.2) is 16.9 Å². The van der Waals surface area contributed by atoms with E-state index in [-0.39, 0.29) is 11.6 Å². The largest absolute Gasteiger partial charge is 0.508 e.